The molecule has 0 aliphatic carbocycles. The number of ether oxygens (including phenoxy) is 3. The Morgan fingerprint density at radius 2 is 0.586 bits per heavy atom. The lowest BCUT2D eigenvalue weighted by atomic mass is 10.1. The summed E-state index contributed by atoms with van der Waals surface area (Å²) in [6.45, 7) is 6.12. The summed E-state index contributed by atoms with van der Waals surface area (Å²) in [5, 5.41) is 0. The van der Waals surface area contributed by atoms with Crippen LogP contribution in [0.25, 0.3) is 0 Å². The molecule has 0 amide bonds. The summed E-state index contributed by atoms with van der Waals surface area (Å²) in [5.41, 5.74) is 0. The fourth-order valence-electron chi connectivity index (χ4n) is 6.33. The van der Waals surface area contributed by atoms with E-state index in [-0.39, 0.29) is 44.0 Å². The second-order valence-electron chi connectivity index (χ2n) is 16.7. The molecular formula is C64H92O6. The molecule has 0 aromatic rings. The highest BCUT2D eigenvalue weighted by Crippen LogP contribution is 2.12. The number of rotatable bonds is 44. The molecule has 1 unspecified atom stereocenters. The highest BCUT2D eigenvalue weighted by Gasteiger charge is 2.19. The van der Waals surface area contributed by atoms with Crippen molar-refractivity contribution in [2.75, 3.05) is 13.2 Å². The molecule has 0 aromatic heterocycles. The Bertz CT molecular complexity index is 1760. The third-order valence-corrected chi connectivity index (χ3v) is 10.2. The van der Waals surface area contributed by atoms with Crippen LogP contribution >= 0.6 is 0 Å². The molecule has 1 atom stereocenters. The average molecular weight is 957 g/mol. The van der Waals surface area contributed by atoms with Gasteiger partial charge in [0.2, 0.25) is 0 Å². The molecule has 0 heterocycles. The van der Waals surface area contributed by atoms with Crippen molar-refractivity contribution in [3.63, 3.8) is 0 Å². The van der Waals surface area contributed by atoms with Gasteiger partial charge in [0.15, 0.2) is 6.10 Å². The monoisotopic (exact) mass is 957 g/mol. The number of unbranched alkanes of at least 4 members (excludes halogenated alkanes) is 13. The fraction of sp³-hybridized carbons (Fsp3) is 0.453. The minimum Gasteiger partial charge on any atom is -0.462 e. The number of hydrogen-bond acceptors (Lipinski definition) is 6. The maximum absolute atomic E-state index is 12.8. The molecule has 6 heteroatoms. The summed E-state index contributed by atoms with van der Waals surface area (Å²) < 4.78 is 16.7. The van der Waals surface area contributed by atoms with E-state index in [1.165, 1.54) is 25.7 Å². The lowest BCUT2D eigenvalue weighted by Crippen LogP contribution is -2.30. The van der Waals surface area contributed by atoms with Gasteiger partial charge in [-0.3, -0.25) is 14.4 Å². The third-order valence-electron chi connectivity index (χ3n) is 10.2. The van der Waals surface area contributed by atoms with Crippen LogP contribution in [0.4, 0.5) is 0 Å². The van der Waals surface area contributed by atoms with Crippen LogP contribution in [-0.4, -0.2) is 37.2 Å². The molecule has 384 valence electrons. The zero-order valence-corrected chi connectivity index (χ0v) is 43.7. The number of hydrogen-bond donors (Lipinski definition) is 0. The second-order valence-corrected chi connectivity index (χ2v) is 16.7. The van der Waals surface area contributed by atoms with E-state index in [4.69, 9.17) is 14.2 Å². The molecule has 0 N–H and O–H groups in total. The SMILES string of the molecule is CC\C=C/C=C\C=C/C=C\C=C\C=C/C=C\CCCCCC(=O)OCC(COC(=O)CCCCCCCCC/C=C\C/C=C\CC)OC(=O)CCCCC\C=C/C=C\C=C\C=C/C=C\C=C/C=C\CC. The minimum absolute atomic E-state index is 0.128. The molecule has 0 saturated heterocycles. The first-order valence-electron chi connectivity index (χ1n) is 26.6. The Labute approximate surface area is 427 Å². The molecule has 0 aliphatic rings. The Morgan fingerprint density at radius 1 is 0.300 bits per heavy atom. The van der Waals surface area contributed by atoms with E-state index in [0.717, 1.165) is 89.9 Å². The normalized spacial score (nSPS) is 13.7. The van der Waals surface area contributed by atoms with Crippen LogP contribution in [0, 0.1) is 0 Å². The van der Waals surface area contributed by atoms with Crippen LogP contribution in [0.5, 0.6) is 0 Å². The van der Waals surface area contributed by atoms with Gasteiger partial charge >= 0.3 is 17.9 Å². The van der Waals surface area contributed by atoms with Gasteiger partial charge in [-0.25, -0.2) is 0 Å². The largest absolute Gasteiger partial charge is 0.462 e. The summed E-state index contributed by atoms with van der Waals surface area (Å²) >= 11 is 0. The van der Waals surface area contributed by atoms with Crippen molar-refractivity contribution >= 4 is 17.9 Å². The first-order chi connectivity index (χ1) is 34.5. The van der Waals surface area contributed by atoms with Crippen LogP contribution in [0.15, 0.2) is 194 Å². The highest BCUT2D eigenvalue weighted by molar-refractivity contribution is 5.71. The van der Waals surface area contributed by atoms with E-state index < -0.39 is 6.10 Å². The standard InChI is InChI=1S/C64H92O6/c1-4-7-10-13-16-19-22-25-28-30-32-34-36-39-42-45-48-51-54-57-63(66)69-60-61(59-68-62(65)56-53-50-47-44-41-38-27-24-21-18-15-12-9-6-3)70-64(67)58-55-52-49-46-43-40-37-35-33-31-29-26-23-20-17-14-11-8-5-2/h7-14,16-23,25-26,28-37,39-40,42-43,61H,4-6,15,24,27,38,41,44-60H2,1-3H3/b10-7-,11-8-,12-9-,16-13-,17-14-,21-18-,22-19-,23-20-,28-25-,29-26-,32-30+,33-31+,36-34-,37-35-,42-39-,43-40-. The Hall–Kier alpha value is -5.75. The summed E-state index contributed by atoms with van der Waals surface area (Å²) in [6, 6.07) is 0. The van der Waals surface area contributed by atoms with Gasteiger partial charge < -0.3 is 14.2 Å². The molecule has 0 aliphatic heterocycles. The maximum atomic E-state index is 12.8. The molecule has 0 aromatic carbocycles. The molecule has 0 spiro atoms. The van der Waals surface area contributed by atoms with Crippen molar-refractivity contribution in [2.45, 2.75) is 175 Å². The predicted molar refractivity (Wildman–Crippen MR) is 301 cm³/mol. The molecule has 6 nitrogen and oxygen atoms in total. The summed E-state index contributed by atoms with van der Waals surface area (Å²) in [5.74, 6) is -1.05. The van der Waals surface area contributed by atoms with Crippen LogP contribution < -0.4 is 0 Å². The third kappa shape index (κ3) is 53.2. The molecule has 0 bridgehead atoms. The van der Waals surface area contributed by atoms with Gasteiger partial charge in [0.05, 0.1) is 0 Å². The zero-order chi connectivity index (χ0) is 50.7. The van der Waals surface area contributed by atoms with E-state index in [9.17, 15) is 14.4 Å². The molecule has 70 heavy (non-hydrogen) atoms. The van der Waals surface area contributed by atoms with Crippen LogP contribution in [0.1, 0.15) is 168 Å². The van der Waals surface area contributed by atoms with Crippen molar-refractivity contribution in [2.24, 2.45) is 0 Å². The van der Waals surface area contributed by atoms with Gasteiger partial charge in [-0.1, -0.05) is 260 Å². The number of carbonyl (C=O) groups excluding carboxylic acids is 3. The molecular weight excluding hydrogens is 865 g/mol. The fourth-order valence-corrected chi connectivity index (χ4v) is 6.33. The van der Waals surface area contributed by atoms with Crippen LogP contribution in [0.2, 0.25) is 0 Å². The predicted octanol–water partition coefficient (Wildman–Crippen LogP) is 17.9. The second kappa shape index (κ2) is 55.8. The maximum Gasteiger partial charge on any atom is 0.306 e. The molecule has 0 saturated carbocycles. The van der Waals surface area contributed by atoms with Gasteiger partial charge in [0.25, 0.3) is 0 Å². The van der Waals surface area contributed by atoms with Gasteiger partial charge in [0.1, 0.15) is 13.2 Å². The van der Waals surface area contributed by atoms with Crippen molar-refractivity contribution in [1.82, 2.24) is 0 Å². The number of allylic oxidation sites excluding steroid dienone is 32. The Balaban J connectivity index is 4.67. The van der Waals surface area contributed by atoms with E-state index in [1.54, 1.807) is 0 Å². The van der Waals surface area contributed by atoms with Crippen LogP contribution in [-0.2, 0) is 28.6 Å². The van der Waals surface area contributed by atoms with Gasteiger partial charge in [-0.05, 0) is 83.5 Å². The quantitative estimate of drug-likeness (QED) is 0.0199. The summed E-state index contributed by atoms with van der Waals surface area (Å²) in [7, 11) is 0. The van der Waals surface area contributed by atoms with E-state index >= 15 is 0 Å². The lowest BCUT2D eigenvalue weighted by Gasteiger charge is -2.18. The van der Waals surface area contributed by atoms with Gasteiger partial charge in [-0.15, -0.1) is 0 Å². The van der Waals surface area contributed by atoms with E-state index in [1.807, 2.05) is 146 Å². The van der Waals surface area contributed by atoms with Crippen molar-refractivity contribution in [3.05, 3.63) is 194 Å². The summed E-state index contributed by atoms with van der Waals surface area (Å²) in [4.78, 5) is 38.1. The molecule has 0 rings (SSSR count). The topological polar surface area (TPSA) is 78.9 Å². The van der Waals surface area contributed by atoms with Gasteiger partial charge in [-0.2, -0.15) is 0 Å². The number of carbonyl (C=O) groups is 3. The Kier molecular flexibility index (Phi) is 51.3. The smallest absolute Gasteiger partial charge is 0.306 e. The molecule has 0 fully saturated rings. The van der Waals surface area contributed by atoms with Crippen molar-refractivity contribution < 1.29 is 28.6 Å². The van der Waals surface area contributed by atoms with E-state index in [2.05, 4.69) is 69.4 Å². The van der Waals surface area contributed by atoms with E-state index in [0.29, 0.717) is 19.3 Å². The summed E-state index contributed by atoms with van der Waals surface area (Å²) in [6.07, 6.45) is 85.4. The van der Waals surface area contributed by atoms with Gasteiger partial charge in [0, 0.05) is 19.3 Å². The highest BCUT2D eigenvalue weighted by atomic mass is 16.6. The Morgan fingerprint density at radius 3 is 0.971 bits per heavy atom. The molecule has 0 radical (unpaired) electrons. The lowest BCUT2D eigenvalue weighted by molar-refractivity contribution is -0.167. The minimum atomic E-state index is -0.838. The first-order valence-corrected chi connectivity index (χ1v) is 26.6. The zero-order valence-electron chi connectivity index (χ0n) is 43.7. The van der Waals surface area contributed by atoms with Crippen molar-refractivity contribution in [1.29, 1.82) is 0 Å². The number of esters is 3. The van der Waals surface area contributed by atoms with Crippen molar-refractivity contribution in [3.8, 4) is 0 Å². The average Bonchev–Trinajstić information content (AvgIpc) is 3.36. The van der Waals surface area contributed by atoms with Crippen LogP contribution in [0.3, 0.4) is 0 Å². The first kappa shape index (κ1) is 64.2.